The second kappa shape index (κ2) is 7.12. The predicted molar refractivity (Wildman–Crippen MR) is 104 cm³/mol. The van der Waals surface area contributed by atoms with Crippen molar-refractivity contribution in [1.29, 1.82) is 0 Å². The first-order chi connectivity index (χ1) is 12.6. The minimum absolute atomic E-state index is 0.0111. The zero-order valence-electron chi connectivity index (χ0n) is 14.5. The lowest BCUT2D eigenvalue weighted by molar-refractivity contribution is -0.119. The van der Waals surface area contributed by atoms with Crippen molar-refractivity contribution in [3.8, 4) is 0 Å². The Bertz CT molecular complexity index is 851. The third-order valence-corrected chi connectivity index (χ3v) is 5.52. The minimum Gasteiger partial charge on any atom is -0.326 e. The van der Waals surface area contributed by atoms with E-state index in [0.717, 1.165) is 47.8 Å². The summed E-state index contributed by atoms with van der Waals surface area (Å²) < 4.78 is 0. The normalized spacial score (nSPS) is 22.2. The highest BCUT2D eigenvalue weighted by atomic mass is 35.5. The average Bonchev–Trinajstić information content (AvgIpc) is 3.43. The third-order valence-electron chi connectivity index (χ3n) is 5.18. The average molecular weight is 369 g/mol. The summed E-state index contributed by atoms with van der Waals surface area (Å²) in [7, 11) is 0. The molecule has 1 saturated heterocycles. The molecule has 1 N–H and O–H groups in total. The predicted octanol–water partition coefficient (Wildman–Crippen LogP) is 4.60. The SMILES string of the molecule is O=C(Nc1cccc(N2CCCCC2=O)c1)C1CC1c1ccccc1Cl. The lowest BCUT2D eigenvalue weighted by Crippen LogP contribution is -2.35. The zero-order valence-corrected chi connectivity index (χ0v) is 15.2. The van der Waals surface area contributed by atoms with Crippen LogP contribution < -0.4 is 10.2 Å². The molecule has 1 saturated carbocycles. The lowest BCUT2D eigenvalue weighted by Gasteiger charge is -2.27. The van der Waals surface area contributed by atoms with Crippen LogP contribution in [0, 0.1) is 5.92 Å². The largest absolute Gasteiger partial charge is 0.326 e. The van der Waals surface area contributed by atoms with Crippen LogP contribution in [-0.2, 0) is 9.59 Å². The Labute approximate surface area is 158 Å². The number of hydrogen-bond donors (Lipinski definition) is 1. The fourth-order valence-corrected chi connectivity index (χ4v) is 3.95. The maximum Gasteiger partial charge on any atom is 0.228 e. The molecule has 2 aromatic rings. The van der Waals surface area contributed by atoms with E-state index in [9.17, 15) is 9.59 Å². The summed E-state index contributed by atoms with van der Waals surface area (Å²) in [5, 5.41) is 3.72. The molecule has 4 nitrogen and oxygen atoms in total. The van der Waals surface area contributed by atoms with Crippen molar-refractivity contribution in [1.82, 2.24) is 0 Å². The van der Waals surface area contributed by atoms with Gasteiger partial charge in [-0.1, -0.05) is 35.9 Å². The zero-order chi connectivity index (χ0) is 18.1. The number of anilines is 2. The molecule has 2 amide bonds. The molecule has 2 fully saturated rings. The number of carbonyl (C=O) groups excluding carboxylic acids is 2. The first kappa shape index (κ1) is 17.1. The molecule has 0 bridgehead atoms. The number of amides is 2. The molecule has 2 unspecified atom stereocenters. The molecular weight excluding hydrogens is 348 g/mol. The van der Waals surface area contributed by atoms with Crippen molar-refractivity contribution >= 4 is 34.8 Å². The van der Waals surface area contributed by atoms with E-state index in [0.29, 0.717) is 6.42 Å². The highest BCUT2D eigenvalue weighted by molar-refractivity contribution is 6.31. The molecule has 26 heavy (non-hydrogen) atoms. The summed E-state index contributed by atoms with van der Waals surface area (Å²) >= 11 is 6.24. The molecule has 134 valence electrons. The van der Waals surface area contributed by atoms with Crippen LogP contribution in [-0.4, -0.2) is 18.4 Å². The van der Waals surface area contributed by atoms with Gasteiger partial charge in [-0.2, -0.15) is 0 Å². The molecule has 2 atom stereocenters. The van der Waals surface area contributed by atoms with E-state index in [4.69, 9.17) is 11.6 Å². The summed E-state index contributed by atoms with van der Waals surface area (Å²) in [5.74, 6) is 0.309. The van der Waals surface area contributed by atoms with Crippen LogP contribution in [0.3, 0.4) is 0 Å². The van der Waals surface area contributed by atoms with Gasteiger partial charge in [-0.15, -0.1) is 0 Å². The van der Waals surface area contributed by atoms with Crippen LogP contribution in [0.25, 0.3) is 0 Å². The van der Waals surface area contributed by atoms with Crippen molar-refractivity contribution in [2.24, 2.45) is 5.92 Å². The first-order valence-corrected chi connectivity index (χ1v) is 9.47. The fraction of sp³-hybridized carbons (Fsp3) is 0.333. The summed E-state index contributed by atoms with van der Waals surface area (Å²) in [5.41, 5.74) is 2.63. The Morgan fingerprint density at radius 2 is 1.96 bits per heavy atom. The van der Waals surface area contributed by atoms with Crippen molar-refractivity contribution in [2.75, 3.05) is 16.8 Å². The van der Waals surface area contributed by atoms with Crippen molar-refractivity contribution in [2.45, 2.75) is 31.6 Å². The monoisotopic (exact) mass is 368 g/mol. The number of rotatable bonds is 4. The topological polar surface area (TPSA) is 49.4 Å². The number of piperidine rings is 1. The minimum atomic E-state index is -0.0461. The quantitative estimate of drug-likeness (QED) is 0.857. The fourth-order valence-electron chi connectivity index (χ4n) is 3.67. The van der Waals surface area contributed by atoms with E-state index in [2.05, 4.69) is 5.32 Å². The Hall–Kier alpha value is -2.33. The molecule has 0 aromatic heterocycles. The summed E-state index contributed by atoms with van der Waals surface area (Å²) in [6.07, 6.45) is 3.39. The van der Waals surface area contributed by atoms with E-state index in [-0.39, 0.29) is 23.7 Å². The standard InChI is InChI=1S/C21H21ClN2O2/c22-19-9-2-1-8-16(19)17-13-18(17)21(26)23-14-6-5-7-15(12-14)24-11-4-3-10-20(24)25/h1-2,5-9,12,17-18H,3-4,10-11,13H2,(H,23,26). The second-order valence-corrected chi connectivity index (χ2v) is 7.42. The molecule has 4 rings (SSSR count). The van der Waals surface area contributed by atoms with E-state index in [1.807, 2.05) is 53.4 Å². The van der Waals surface area contributed by atoms with Gasteiger partial charge in [0.15, 0.2) is 0 Å². The highest BCUT2D eigenvalue weighted by Crippen LogP contribution is 2.50. The number of halogens is 1. The Kier molecular flexibility index (Phi) is 4.68. The van der Waals surface area contributed by atoms with Gasteiger partial charge in [0, 0.05) is 35.3 Å². The Morgan fingerprint density at radius 1 is 1.12 bits per heavy atom. The number of benzene rings is 2. The van der Waals surface area contributed by atoms with Gasteiger partial charge in [0.05, 0.1) is 0 Å². The van der Waals surface area contributed by atoms with Crippen LogP contribution in [0.1, 0.15) is 37.2 Å². The van der Waals surface area contributed by atoms with E-state index in [1.54, 1.807) is 0 Å². The van der Waals surface area contributed by atoms with Gasteiger partial charge in [0.1, 0.15) is 0 Å². The van der Waals surface area contributed by atoms with Crippen LogP contribution >= 0.6 is 11.6 Å². The number of nitrogens with one attached hydrogen (secondary N) is 1. The highest BCUT2D eigenvalue weighted by Gasteiger charge is 2.44. The third kappa shape index (κ3) is 3.47. The van der Waals surface area contributed by atoms with E-state index in [1.165, 1.54) is 0 Å². The first-order valence-electron chi connectivity index (χ1n) is 9.09. The van der Waals surface area contributed by atoms with Gasteiger partial charge in [-0.05, 0) is 55.0 Å². The van der Waals surface area contributed by atoms with Crippen molar-refractivity contribution < 1.29 is 9.59 Å². The molecule has 0 spiro atoms. The van der Waals surface area contributed by atoms with Gasteiger partial charge >= 0.3 is 0 Å². The second-order valence-electron chi connectivity index (χ2n) is 7.01. The van der Waals surface area contributed by atoms with Gasteiger partial charge in [-0.25, -0.2) is 0 Å². The van der Waals surface area contributed by atoms with E-state index >= 15 is 0 Å². The molecule has 1 aliphatic carbocycles. The van der Waals surface area contributed by atoms with Crippen molar-refractivity contribution in [3.63, 3.8) is 0 Å². The molecule has 5 heteroatoms. The molecule has 2 aliphatic rings. The molecule has 1 heterocycles. The van der Waals surface area contributed by atoms with Crippen LogP contribution in [0.4, 0.5) is 11.4 Å². The smallest absolute Gasteiger partial charge is 0.228 e. The van der Waals surface area contributed by atoms with Crippen LogP contribution in [0.2, 0.25) is 5.02 Å². The molecule has 1 aliphatic heterocycles. The Balaban J connectivity index is 1.43. The summed E-state index contributed by atoms with van der Waals surface area (Å²) in [6.45, 7) is 0.743. The molecule has 2 aromatic carbocycles. The van der Waals surface area contributed by atoms with Crippen LogP contribution in [0.15, 0.2) is 48.5 Å². The summed E-state index contributed by atoms with van der Waals surface area (Å²) in [4.78, 5) is 26.5. The number of hydrogen-bond acceptors (Lipinski definition) is 2. The number of carbonyl (C=O) groups is 2. The number of nitrogens with zero attached hydrogens (tertiary/aromatic N) is 1. The van der Waals surface area contributed by atoms with Gasteiger partial charge < -0.3 is 10.2 Å². The summed E-state index contributed by atoms with van der Waals surface area (Å²) in [6, 6.07) is 15.3. The van der Waals surface area contributed by atoms with Gasteiger partial charge in [0.2, 0.25) is 11.8 Å². The molecule has 0 radical (unpaired) electrons. The van der Waals surface area contributed by atoms with Crippen molar-refractivity contribution in [3.05, 3.63) is 59.1 Å². The maximum atomic E-state index is 12.6. The van der Waals surface area contributed by atoms with E-state index < -0.39 is 0 Å². The van der Waals surface area contributed by atoms with Gasteiger partial charge in [0.25, 0.3) is 0 Å². The molecular formula is C21H21ClN2O2. The lowest BCUT2D eigenvalue weighted by atomic mass is 10.1. The Morgan fingerprint density at radius 3 is 2.77 bits per heavy atom. The van der Waals surface area contributed by atoms with Gasteiger partial charge in [-0.3, -0.25) is 9.59 Å². The van der Waals surface area contributed by atoms with Crippen LogP contribution in [0.5, 0.6) is 0 Å². The maximum absolute atomic E-state index is 12.6.